The zero-order valence-corrected chi connectivity index (χ0v) is 20.9. The minimum atomic E-state index is 0.208. The summed E-state index contributed by atoms with van der Waals surface area (Å²) in [6, 6.07) is 29.3. The first-order valence-electron chi connectivity index (χ1n) is 11.5. The van der Waals surface area contributed by atoms with E-state index in [0.29, 0.717) is 16.5 Å². The Morgan fingerprint density at radius 1 is 0.417 bits per heavy atom. The number of fused-ring (bicyclic) bond motifs is 3. The zero-order chi connectivity index (χ0) is 25.1. The fourth-order valence-electron chi connectivity index (χ4n) is 5.29. The number of rotatable bonds is 2. The maximum Gasteiger partial charge on any atom is 0.113 e. The van der Waals surface area contributed by atoms with Crippen LogP contribution in [0.4, 0.5) is 0 Å². The van der Waals surface area contributed by atoms with E-state index in [1.807, 2.05) is 24.3 Å². The van der Waals surface area contributed by atoms with E-state index in [0.717, 1.165) is 48.1 Å². The summed E-state index contributed by atoms with van der Waals surface area (Å²) in [5, 5.41) is 6.47. The van der Waals surface area contributed by atoms with Crippen molar-refractivity contribution in [3.63, 3.8) is 0 Å². The quantitative estimate of drug-likeness (QED) is 0.249. The van der Waals surface area contributed by atoms with E-state index >= 15 is 0 Å². The van der Waals surface area contributed by atoms with Gasteiger partial charge in [0.15, 0.2) is 0 Å². The first-order chi connectivity index (χ1) is 17.4. The van der Waals surface area contributed by atoms with E-state index in [4.69, 9.17) is 39.2 Å². The molecule has 0 saturated carbocycles. The third-order valence-electron chi connectivity index (χ3n) is 6.98. The minimum absolute atomic E-state index is 0.208. The van der Waals surface area contributed by atoms with Crippen LogP contribution >= 0.6 is 15.9 Å². The predicted molar refractivity (Wildman–Crippen MR) is 164 cm³/mol. The molecule has 6 rings (SSSR count). The summed E-state index contributed by atoms with van der Waals surface area (Å²) in [6.45, 7) is 0. The van der Waals surface area contributed by atoms with Crippen molar-refractivity contribution in [1.29, 1.82) is 0 Å². The molecule has 0 bridgehead atoms. The summed E-state index contributed by atoms with van der Waals surface area (Å²) < 4.78 is 1.01. The van der Waals surface area contributed by atoms with Crippen molar-refractivity contribution in [1.82, 2.24) is 0 Å². The molecule has 0 atom stereocenters. The third-order valence-corrected chi connectivity index (χ3v) is 7.43. The summed E-state index contributed by atoms with van der Waals surface area (Å²) in [5.74, 6) is 0. The molecule has 6 heteroatoms. The van der Waals surface area contributed by atoms with Gasteiger partial charge in [-0.05, 0) is 66.7 Å². The Balaban J connectivity index is 1.87. The Morgan fingerprint density at radius 2 is 0.833 bits per heavy atom. The van der Waals surface area contributed by atoms with E-state index in [1.54, 1.807) is 0 Å². The Morgan fingerprint density at radius 3 is 1.36 bits per heavy atom. The number of hydrogen-bond acceptors (Lipinski definition) is 0. The van der Waals surface area contributed by atoms with Crippen LogP contribution in [0.1, 0.15) is 0 Å². The van der Waals surface area contributed by atoms with Crippen molar-refractivity contribution in [2.24, 2.45) is 0 Å². The Hall–Kier alpha value is -3.10. The SMILES string of the molecule is [B]c1c([B])c([B])c(-c2c3ccccc3c(-c3cc(Br)cc4ccccc34)c3ccccc23)c([B])c1[B]. The highest BCUT2D eigenvalue weighted by Gasteiger charge is 2.21. The van der Waals surface area contributed by atoms with E-state index in [2.05, 4.69) is 76.6 Å². The molecule has 0 heterocycles. The highest BCUT2D eigenvalue weighted by Crippen LogP contribution is 2.45. The molecular weight excluding hydrogens is 494 g/mol. The van der Waals surface area contributed by atoms with Crippen molar-refractivity contribution in [3.8, 4) is 22.3 Å². The number of hydrogen-bond donors (Lipinski definition) is 0. The molecule has 0 N–H and O–H groups in total. The lowest BCUT2D eigenvalue weighted by molar-refractivity contribution is 1.67. The van der Waals surface area contributed by atoms with E-state index in [1.165, 1.54) is 5.39 Å². The van der Waals surface area contributed by atoms with Crippen LogP contribution in [0.2, 0.25) is 0 Å². The third kappa shape index (κ3) is 3.42. The van der Waals surface area contributed by atoms with Gasteiger partial charge in [-0.3, -0.25) is 0 Å². The van der Waals surface area contributed by atoms with Crippen LogP contribution in [0, 0.1) is 0 Å². The first-order valence-corrected chi connectivity index (χ1v) is 12.3. The Labute approximate surface area is 225 Å². The second-order valence-electron chi connectivity index (χ2n) is 8.96. The summed E-state index contributed by atoms with van der Waals surface area (Å²) in [4.78, 5) is 0. The summed E-state index contributed by atoms with van der Waals surface area (Å²) in [7, 11) is 31.8. The predicted octanol–water partition coefficient (Wildman–Crippen LogP) is 3.21. The highest BCUT2D eigenvalue weighted by atomic mass is 79.9. The average Bonchev–Trinajstić information content (AvgIpc) is 2.90. The minimum Gasteiger partial charge on any atom is -0.112 e. The van der Waals surface area contributed by atoms with Gasteiger partial charge >= 0.3 is 0 Å². The van der Waals surface area contributed by atoms with Gasteiger partial charge in [0, 0.05) is 4.47 Å². The second-order valence-corrected chi connectivity index (χ2v) is 9.87. The fraction of sp³-hybridized carbons (Fsp3) is 0. The van der Waals surface area contributed by atoms with Crippen molar-refractivity contribution in [2.75, 3.05) is 0 Å². The molecule has 0 aliphatic heterocycles. The largest absolute Gasteiger partial charge is 0.113 e. The van der Waals surface area contributed by atoms with Gasteiger partial charge < -0.3 is 0 Å². The normalized spacial score (nSPS) is 11.5. The van der Waals surface area contributed by atoms with Crippen LogP contribution in [-0.2, 0) is 0 Å². The lowest BCUT2D eigenvalue weighted by Crippen LogP contribution is -2.55. The lowest BCUT2D eigenvalue weighted by Gasteiger charge is -2.25. The molecule has 0 spiro atoms. The van der Waals surface area contributed by atoms with Crippen LogP contribution in [0.5, 0.6) is 0 Å². The average molecular weight is 508 g/mol. The highest BCUT2D eigenvalue weighted by molar-refractivity contribution is 9.10. The van der Waals surface area contributed by atoms with Crippen LogP contribution in [0.25, 0.3) is 54.6 Å². The molecule has 0 fully saturated rings. The van der Waals surface area contributed by atoms with E-state index in [9.17, 15) is 0 Å². The van der Waals surface area contributed by atoms with Crippen LogP contribution < -0.4 is 27.3 Å². The molecule has 0 nitrogen and oxygen atoms in total. The molecule has 0 aliphatic rings. The van der Waals surface area contributed by atoms with Gasteiger partial charge in [-0.15, -0.1) is 16.4 Å². The first kappa shape index (κ1) is 23.3. The van der Waals surface area contributed by atoms with Gasteiger partial charge in [0.05, 0.1) is 0 Å². The van der Waals surface area contributed by atoms with Crippen molar-refractivity contribution in [2.45, 2.75) is 0 Å². The van der Waals surface area contributed by atoms with Gasteiger partial charge in [0.2, 0.25) is 0 Å². The lowest BCUT2D eigenvalue weighted by atomic mass is 9.59. The smallest absolute Gasteiger partial charge is 0.112 e. The molecule has 36 heavy (non-hydrogen) atoms. The van der Waals surface area contributed by atoms with Crippen LogP contribution in [-0.4, -0.2) is 39.2 Å². The second kappa shape index (κ2) is 8.78. The molecule has 0 aliphatic carbocycles. The van der Waals surface area contributed by atoms with Gasteiger partial charge in [-0.1, -0.05) is 99.7 Å². The van der Waals surface area contributed by atoms with Gasteiger partial charge in [0.1, 0.15) is 39.2 Å². The topological polar surface area (TPSA) is 0 Å². The van der Waals surface area contributed by atoms with Crippen molar-refractivity contribution in [3.05, 3.63) is 89.4 Å². The fourth-order valence-corrected chi connectivity index (χ4v) is 5.76. The summed E-state index contributed by atoms with van der Waals surface area (Å²) >= 11 is 3.73. The molecule has 6 aromatic rings. The maximum absolute atomic E-state index is 6.56. The monoisotopic (exact) mass is 508 g/mol. The van der Waals surface area contributed by atoms with Gasteiger partial charge in [0.25, 0.3) is 0 Å². The maximum atomic E-state index is 6.56. The molecular formula is C30H14B5Br. The molecule has 0 aromatic heterocycles. The Kier molecular flexibility index (Phi) is 5.69. The summed E-state index contributed by atoms with van der Waals surface area (Å²) in [6.07, 6.45) is 0. The molecule has 6 aromatic carbocycles. The van der Waals surface area contributed by atoms with Crippen LogP contribution in [0.3, 0.4) is 0 Å². The molecule has 0 amide bonds. The molecule has 0 unspecified atom stereocenters. The van der Waals surface area contributed by atoms with Gasteiger partial charge in [-0.2, -0.15) is 0 Å². The molecule has 156 valence electrons. The molecule has 0 saturated heterocycles. The molecule has 10 radical (unpaired) electrons. The van der Waals surface area contributed by atoms with Crippen molar-refractivity contribution >= 4 is 115 Å². The summed E-state index contributed by atoms with van der Waals surface area (Å²) in [5.41, 5.74) is 5.12. The van der Waals surface area contributed by atoms with Crippen molar-refractivity contribution < 1.29 is 0 Å². The van der Waals surface area contributed by atoms with E-state index in [-0.39, 0.29) is 16.4 Å². The number of halogens is 1. The Bertz CT molecular complexity index is 1770. The number of benzene rings is 6. The standard InChI is InChI=1S/C30H14B5Br/c31-26-25(27(32)29(34)30(35)28(26)33)24-20-11-5-3-9-18(20)23(19-10-4-6-12-21(19)24)22-14-16(36)13-15-7-1-2-8-17(15)22/h1-14H. The van der Waals surface area contributed by atoms with Crippen LogP contribution in [0.15, 0.2) is 89.4 Å². The van der Waals surface area contributed by atoms with Gasteiger partial charge in [-0.25, -0.2) is 0 Å². The van der Waals surface area contributed by atoms with E-state index < -0.39 is 0 Å². The zero-order valence-electron chi connectivity index (χ0n) is 19.3.